The van der Waals surface area contributed by atoms with Crippen molar-refractivity contribution in [2.75, 3.05) is 12.3 Å². The van der Waals surface area contributed by atoms with E-state index in [4.69, 9.17) is 0 Å². The van der Waals surface area contributed by atoms with Gasteiger partial charge >= 0.3 is 0 Å². The average Bonchev–Trinajstić information content (AvgIpc) is 2.59. The number of nitrogens with one attached hydrogen (secondary N) is 1. The lowest BCUT2D eigenvalue weighted by Crippen LogP contribution is -2.28. The topological polar surface area (TPSA) is 64.0 Å². The summed E-state index contributed by atoms with van der Waals surface area (Å²) in [6, 6.07) is 7.38. The summed E-state index contributed by atoms with van der Waals surface area (Å²) in [7, 11) is 0. The zero-order valence-corrected chi connectivity index (χ0v) is 16.9. The van der Waals surface area contributed by atoms with Gasteiger partial charge in [0.1, 0.15) is 0 Å². The molecule has 1 amide bonds. The van der Waals surface area contributed by atoms with Crippen LogP contribution in [-0.4, -0.2) is 27.8 Å². The number of benzene rings is 1. The van der Waals surface area contributed by atoms with Gasteiger partial charge < -0.3 is 5.32 Å². The molecular formula is C20H29N3O2S. The number of aromatic nitrogens is 2. The van der Waals surface area contributed by atoms with Crippen LogP contribution in [-0.2, 0) is 11.3 Å². The van der Waals surface area contributed by atoms with Crippen molar-refractivity contribution >= 4 is 28.6 Å². The van der Waals surface area contributed by atoms with Crippen LogP contribution in [0.25, 0.3) is 10.9 Å². The Morgan fingerprint density at radius 1 is 1.15 bits per heavy atom. The summed E-state index contributed by atoms with van der Waals surface area (Å²) in [6.45, 7) is 9.83. The van der Waals surface area contributed by atoms with Crippen molar-refractivity contribution in [3.05, 3.63) is 34.6 Å². The van der Waals surface area contributed by atoms with Gasteiger partial charge in [-0.15, -0.1) is 0 Å². The number of fused-ring (bicyclic) bond motifs is 1. The van der Waals surface area contributed by atoms with Crippen molar-refractivity contribution in [2.45, 2.75) is 52.2 Å². The van der Waals surface area contributed by atoms with Gasteiger partial charge in [-0.05, 0) is 36.8 Å². The van der Waals surface area contributed by atoms with E-state index in [1.54, 1.807) is 4.57 Å². The first-order valence-corrected chi connectivity index (χ1v) is 10.3. The normalized spacial score (nSPS) is 11.5. The maximum atomic E-state index is 12.9. The summed E-state index contributed by atoms with van der Waals surface area (Å²) in [6.07, 6.45) is 1.86. The van der Waals surface area contributed by atoms with E-state index in [0.29, 0.717) is 41.0 Å². The molecule has 0 saturated heterocycles. The molecule has 0 spiro atoms. The Morgan fingerprint density at radius 2 is 1.85 bits per heavy atom. The zero-order valence-electron chi connectivity index (χ0n) is 16.1. The van der Waals surface area contributed by atoms with Gasteiger partial charge in [-0.25, -0.2) is 4.98 Å². The SMILES string of the molecule is CC(C)CCNC(=O)CSc1nc2ccccc2c(=O)n1CCC(C)C. The molecule has 142 valence electrons. The van der Waals surface area contributed by atoms with Gasteiger partial charge in [0, 0.05) is 13.1 Å². The Bertz CT molecular complexity index is 799. The highest BCUT2D eigenvalue weighted by molar-refractivity contribution is 7.99. The van der Waals surface area contributed by atoms with Crippen LogP contribution in [0.1, 0.15) is 40.5 Å². The molecule has 1 N–H and O–H groups in total. The molecule has 0 aliphatic heterocycles. The van der Waals surface area contributed by atoms with E-state index in [1.807, 2.05) is 24.3 Å². The lowest BCUT2D eigenvalue weighted by atomic mass is 10.1. The summed E-state index contributed by atoms with van der Waals surface area (Å²) in [5.41, 5.74) is 0.653. The second kappa shape index (κ2) is 9.76. The third-order valence-corrected chi connectivity index (χ3v) is 5.11. The van der Waals surface area contributed by atoms with Gasteiger partial charge in [0.05, 0.1) is 16.7 Å². The number of carbonyl (C=O) groups is 1. The first kappa shape index (κ1) is 20.5. The highest BCUT2D eigenvalue weighted by Crippen LogP contribution is 2.18. The van der Waals surface area contributed by atoms with E-state index < -0.39 is 0 Å². The van der Waals surface area contributed by atoms with Crippen LogP contribution in [0.5, 0.6) is 0 Å². The summed E-state index contributed by atoms with van der Waals surface area (Å²) in [4.78, 5) is 29.6. The summed E-state index contributed by atoms with van der Waals surface area (Å²) >= 11 is 1.33. The first-order chi connectivity index (χ1) is 12.4. The van der Waals surface area contributed by atoms with E-state index in [9.17, 15) is 9.59 Å². The summed E-state index contributed by atoms with van der Waals surface area (Å²) in [5, 5.41) is 4.18. The fourth-order valence-corrected chi connectivity index (χ4v) is 3.38. The maximum absolute atomic E-state index is 12.9. The van der Waals surface area contributed by atoms with E-state index in [1.165, 1.54) is 11.8 Å². The fourth-order valence-electron chi connectivity index (χ4n) is 2.52. The second-order valence-corrected chi connectivity index (χ2v) is 8.31. The molecule has 5 nitrogen and oxygen atoms in total. The van der Waals surface area contributed by atoms with E-state index in [-0.39, 0.29) is 17.2 Å². The molecule has 0 unspecified atom stereocenters. The Balaban J connectivity index is 2.17. The van der Waals surface area contributed by atoms with Crippen LogP contribution in [0, 0.1) is 11.8 Å². The summed E-state index contributed by atoms with van der Waals surface area (Å²) < 4.78 is 1.72. The van der Waals surface area contributed by atoms with Gasteiger partial charge in [-0.1, -0.05) is 51.6 Å². The average molecular weight is 376 g/mol. The predicted molar refractivity (Wildman–Crippen MR) is 109 cm³/mol. The molecule has 2 aromatic rings. The number of thioether (sulfide) groups is 1. The first-order valence-electron chi connectivity index (χ1n) is 9.27. The quantitative estimate of drug-likeness (QED) is 0.536. The van der Waals surface area contributed by atoms with Crippen LogP contribution < -0.4 is 10.9 Å². The van der Waals surface area contributed by atoms with Gasteiger partial charge in [0.25, 0.3) is 5.56 Å². The molecule has 1 aromatic heterocycles. The molecule has 6 heteroatoms. The van der Waals surface area contributed by atoms with Crippen molar-refractivity contribution in [1.82, 2.24) is 14.9 Å². The Kier molecular flexibility index (Phi) is 7.69. The number of hydrogen-bond donors (Lipinski definition) is 1. The van der Waals surface area contributed by atoms with Gasteiger partial charge in [0.15, 0.2) is 5.16 Å². The Labute approximate surface area is 159 Å². The maximum Gasteiger partial charge on any atom is 0.262 e. The second-order valence-electron chi connectivity index (χ2n) is 7.37. The number of para-hydroxylation sites is 1. The third kappa shape index (κ3) is 5.87. The number of rotatable bonds is 9. The van der Waals surface area contributed by atoms with Gasteiger partial charge in [-0.3, -0.25) is 14.2 Å². The molecule has 0 saturated carbocycles. The standard InChI is InChI=1S/C20H29N3O2S/c1-14(2)9-11-21-18(24)13-26-20-22-17-8-6-5-7-16(17)19(25)23(20)12-10-15(3)4/h5-8,14-15H,9-13H2,1-4H3,(H,21,24). The molecular weight excluding hydrogens is 346 g/mol. The molecule has 2 rings (SSSR count). The van der Waals surface area contributed by atoms with Crippen molar-refractivity contribution in [1.29, 1.82) is 0 Å². The van der Waals surface area contributed by atoms with Crippen LogP contribution >= 0.6 is 11.8 Å². The monoisotopic (exact) mass is 375 g/mol. The minimum Gasteiger partial charge on any atom is -0.355 e. The highest BCUT2D eigenvalue weighted by atomic mass is 32.2. The van der Waals surface area contributed by atoms with E-state index in [0.717, 1.165) is 12.8 Å². The van der Waals surface area contributed by atoms with Gasteiger partial charge in [0.2, 0.25) is 5.91 Å². The molecule has 1 heterocycles. The Hall–Kier alpha value is -1.82. The smallest absolute Gasteiger partial charge is 0.262 e. The van der Waals surface area contributed by atoms with E-state index >= 15 is 0 Å². The van der Waals surface area contributed by atoms with Crippen molar-refractivity contribution in [3.63, 3.8) is 0 Å². The van der Waals surface area contributed by atoms with Crippen LogP contribution in [0.2, 0.25) is 0 Å². The molecule has 0 bridgehead atoms. The third-order valence-electron chi connectivity index (χ3n) is 4.13. The number of nitrogens with zero attached hydrogens (tertiary/aromatic N) is 2. The van der Waals surface area contributed by atoms with Crippen LogP contribution in [0.4, 0.5) is 0 Å². The van der Waals surface area contributed by atoms with Gasteiger partial charge in [-0.2, -0.15) is 0 Å². The van der Waals surface area contributed by atoms with Crippen molar-refractivity contribution < 1.29 is 4.79 Å². The number of carbonyl (C=O) groups excluding carboxylic acids is 1. The number of hydrogen-bond acceptors (Lipinski definition) is 4. The molecule has 1 aromatic carbocycles. The van der Waals surface area contributed by atoms with Crippen molar-refractivity contribution in [3.8, 4) is 0 Å². The molecule has 0 aliphatic rings. The predicted octanol–water partition coefficient (Wildman–Crippen LogP) is 3.70. The zero-order chi connectivity index (χ0) is 19.1. The Morgan fingerprint density at radius 3 is 2.54 bits per heavy atom. The summed E-state index contributed by atoms with van der Waals surface area (Å²) in [5.74, 6) is 1.30. The van der Waals surface area contributed by atoms with Crippen LogP contribution in [0.15, 0.2) is 34.2 Å². The molecule has 0 radical (unpaired) electrons. The van der Waals surface area contributed by atoms with Crippen molar-refractivity contribution in [2.24, 2.45) is 11.8 Å². The minimum absolute atomic E-state index is 0.0199. The minimum atomic E-state index is -0.0287. The molecule has 0 atom stereocenters. The number of amides is 1. The lowest BCUT2D eigenvalue weighted by molar-refractivity contribution is -0.118. The molecule has 26 heavy (non-hydrogen) atoms. The highest BCUT2D eigenvalue weighted by Gasteiger charge is 2.13. The fraction of sp³-hybridized carbons (Fsp3) is 0.550. The van der Waals surface area contributed by atoms with E-state index in [2.05, 4.69) is 38.0 Å². The largest absolute Gasteiger partial charge is 0.355 e. The molecule has 0 aliphatic carbocycles. The molecule has 0 fully saturated rings. The van der Waals surface area contributed by atoms with Crippen LogP contribution in [0.3, 0.4) is 0 Å². The lowest BCUT2D eigenvalue weighted by Gasteiger charge is -2.14.